The maximum Gasteiger partial charge on any atom is 0.410 e. The number of piperidine rings is 1. The highest BCUT2D eigenvalue weighted by molar-refractivity contribution is 5.70. The fourth-order valence-corrected chi connectivity index (χ4v) is 3.30. The molecule has 2 fully saturated rings. The van der Waals surface area contributed by atoms with Gasteiger partial charge in [-0.1, -0.05) is 12.1 Å². The van der Waals surface area contributed by atoms with Crippen LogP contribution in [0.25, 0.3) is 0 Å². The number of carbonyl (C=O) groups excluding carboxylic acids is 1. The topological polar surface area (TPSA) is 41.6 Å². The number of hydrogen-bond acceptors (Lipinski definition) is 3. The number of hydrogen-bond donors (Lipinski definition) is 1. The Balaban J connectivity index is 1.69. The Hall–Kier alpha value is -1.62. The molecule has 4 nitrogen and oxygen atoms in total. The van der Waals surface area contributed by atoms with E-state index in [0.29, 0.717) is 19.0 Å². The average Bonchev–Trinajstić information content (AvgIpc) is 2.76. The van der Waals surface area contributed by atoms with E-state index >= 15 is 0 Å². The fraction of sp³-hybridized carbons (Fsp3) is 0.562. The summed E-state index contributed by atoms with van der Waals surface area (Å²) in [7, 11) is 0. The zero-order valence-corrected chi connectivity index (χ0v) is 12.3. The van der Waals surface area contributed by atoms with Crippen molar-refractivity contribution in [2.24, 2.45) is 5.92 Å². The van der Waals surface area contributed by atoms with Crippen molar-refractivity contribution in [2.45, 2.75) is 31.9 Å². The molecule has 1 aromatic rings. The molecule has 2 aliphatic heterocycles. The molecule has 1 N–H and O–H groups in total. The summed E-state index contributed by atoms with van der Waals surface area (Å²) in [5.41, 5.74) is 0.343. The lowest BCUT2D eigenvalue weighted by atomic mass is 9.83. The molecule has 2 heterocycles. The lowest BCUT2D eigenvalue weighted by molar-refractivity contribution is 0.0121. The molecular weight excluding hydrogens is 271 g/mol. The Kier molecular flexibility index (Phi) is 3.85. The number of halogens is 1. The fourth-order valence-electron chi connectivity index (χ4n) is 3.30. The van der Waals surface area contributed by atoms with Gasteiger partial charge in [-0.15, -0.1) is 0 Å². The van der Waals surface area contributed by atoms with Gasteiger partial charge in [0.05, 0.1) is 6.54 Å². The Bertz CT molecular complexity index is 531. The average molecular weight is 292 g/mol. The molecule has 21 heavy (non-hydrogen) atoms. The summed E-state index contributed by atoms with van der Waals surface area (Å²) in [6.45, 7) is 4.89. The molecule has 0 spiro atoms. The van der Waals surface area contributed by atoms with Crippen molar-refractivity contribution in [3.63, 3.8) is 0 Å². The maximum absolute atomic E-state index is 13.2. The minimum atomic E-state index is -0.447. The first kappa shape index (κ1) is 14.3. The molecule has 5 heteroatoms. The molecule has 1 amide bonds. The van der Waals surface area contributed by atoms with Crippen LogP contribution in [0.5, 0.6) is 0 Å². The third-order valence-electron chi connectivity index (χ3n) is 4.51. The highest BCUT2D eigenvalue weighted by Crippen LogP contribution is 2.34. The zero-order valence-electron chi connectivity index (χ0n) is 12.3. The maximum atomic E-state index is 13.2. The number of benzene rings is 1. The number of cyclic esters (lactones) is 1. The van der Waals surface area contributed by atoms with Crippen LogP contribution in [-0.2, 0) is 11.3 Å². The van der Waals surface area contributed by atoms with Gasteiger partial charge in [0.2, 0.25) is 0 Å². The molecule has 114 valence electrons. The third kappa shape index (κ3) is 3.02. The Morgan fingerprint density at radius 2 is 2.38 bits per heavy atom. The van der Waals surface area contributed by atoms with Crippen molar-refractivity contribution in [3.8, 4) is 0 Å². The van der Waals surface area contributed by atoms with E-state index in [4.69, 9.17) is 4.74 Å². The molecule has 2 aliphatic rings. The van der Waals surface area contributed by atoms with Gasteiger partial charge in [-0.2, -0.15) is 0 Å². The molecule has 2 atom stereocenters. The monoisotopic (exact) mass is 292 g/mol. The van der Waals surface area contributed by atoms with Crippen molar-refractivity contribution < 1.29 is 13.9 Å². The van der Waals surface area contributed by atoms with Crippen molar-refractivity contribution >= 4 is 6.09 Å². The quantitative estimate of drug-likeness (QED) is 0.931. The first-order valence-electron chi connectivity index (χ1n) is 7.50. The molecule has 3 rings (SSSR count). The molecule has 2 unspecified atom stereocenters. The van der Waals surface area contributed by atoms with Gasteiger partial charge in [0.15, 0.2) is 0 Å². The molecule has 2 saturated heterocycles. The number of rotatable bonds is 3. The Labute approximate surface area is 124 Å². The van der Waals surface area contributed by atoms with Gasteiger partial charge < -0.3 is 10.1 Å². The lowest BCUT2D eigenvalue weighted by Crippen LogP contribution is -2.46. The predicted octanol–water partition coefficient (Wildman–Crippen LogP) is 2.54. The van der Waals surface area contributed by atoms with Crippen LogP contribution in [0, 0.1) is 11.7 Å². The summed E-state index contributed by atoms with van der Waals surface area (Å²) >= 11 is 0. The predicted molar refractivity (Wildman–Crippen MR) is 77.3 cm³/mol. The first-order chi connectivity index (χ1) is 10.1. The van der Waals surface area contributed by atoms with Crippen LogP contribution in [0.15, 0.2) is 24.3 Å². The zero-order chi connectivity index (χ0) is 14.9. The van der Waals surface area contributed by atoms with E-state index in [1.165, 1.54) is 12.1 Å². The van der Waals surface area contributed by atoms with Crippen molar-refractivity contribution in [1.82, 2.24) is 10.2 Å². The second-order valence-corrected chi connectivity index (χ2v) is 6.21. The van der Waals surface area contributed by atoms with Crippen molar-refractivity contribution in [2.75, 3.05) is 19.6 Å². The SMILES string of the molecule is CC1(C2CCCNC2)CN(Cc2cccc(F)c2)C(=O)O1. The van der Waals surface area contributed by atoms with Crippen LogP contribution in [0.3, 0.4) is 0 Å². The highest BCUT2D eigenvalue weighted by atomic mass is 19.1. The second-order valence-electron chi connectivity index (χ2n) is 6.21. The Morgan fingerprint density at radius 1 is 1.52 bits per heavy atom. The van der Waals surface area contributed by atoms with Gasteiger partial charge in [0.25, 0.3) is 0 Å². The molecule has 0 radical (unpaired) electrons. The number of nitrogens with one attached hydrogen (secondary N) is 1. The van der Waals surface area contributed by atoms with Crippen LogP contribution in [0.1, 0.15) is 25.3 Å². The van der Waals surface area contributed by atoms with E-state index in [1.807, 2.05) is 13.0 Å². The largest absolute Gasteiger partial charge is 0.441 e. The standard InChI is InChI=1S/C16H21FN2O2/c1-16(13-5-3-7-18-9-13)11-19(15(20)21-16)10-12-4-2-6-14(17)8-12/h2,4,6,8,13,18H,3,5,7,9-11H2,1H3. The molecule has 0 aromatic heterocycles. The summed E-state index contributed by atoms with van der Waals surface area (Å²) in [5, 5.41) is 3.36. The summed E-state index contributed by atoms with van der Waals surface area (Å²) < 4.78 is 18.9. The smallest absolute Gasteiger partial charge is 0.410 e. The van der Waals surface area contributed by atoms with Gasteiger partial charge in [0.1, 0.15) is 11.4 Å². The van der Waals surface area contributed by atoms with Gasteiger partial charge >= 0.3 is 6.09 Å². The minimum Gasteiger partial charge on any atom is -0.441 e. The summed E-state index contributed by atoms with van der Waals surface area (Å²) in [4.78, 5) is 13.8. The number of amides is 1. The lowest BCUT2D eigenvalue weighted by Gasteiger charge is -2.34. The van der Waals surface area contributed by atoms with Gasteiger partial charge in [-0.05, 0) is 44.0 Å². The molecule has 0 aliphatic carbocycles. The second kappa shape index (κ2) is 5.64. The highest BCUT2D eigenvalue weighted by Gasteiger charge is 2.46. The molecular formula is C16H21FN2O2. The van der Waals surface area contributed by atoms with E-state index in [0.717, 1.165) is 31.5 Å². The minimum absolute atomic E-state index is 0.278. The summed E-state index contributed by atoms with van der Waals surface area (Å²) in [6, 6.07) is 6.36. The molecule has 1 aromatic carbocycles. The van der Waals surface area contributed by atoms with Gasteiger partial charge in [0, 0.05) is 19.0 Å². The molecule has 0 saturated carbocycles. The van der Waals surface area contributed by atoms with E-state index in [-0.39, 0.29) is 11.9 Å². The van der Waals surface area contributed by atoms with Gasteiger partial charge in [-0.25, -0.2) is 9.18 Å². The number of ether oxygens (including phenoxy) is 1. The van der Waals surface area contributed by atoms with Crippen LogP contribution in [0.2, 0.25) is 0 Å². The van der Waals surface area contributed by atoms with E-state index < -0.39 is 5.60 Å². The van der Waals surface area contributed by atoms with Crippen LogP contribution >= 0.6 is 0 Å². The van der Waals surface area contributed by atoms with Crippen molar-refractivity contribution in [1.29, 1.82) is 0 Å². The van der Waals surface area contributed by atoms with E-state index in [9.17, 15) is 9.18 Å². The van der Waals surface area contributed by atoms with Gasteiger partial charge in [-0.3, -0.25) is 4.90 Å². The summed E-state index contributed by atoms with van der Waals surface area (Å²) in [5.74, 6) is 0.0621. The van der Waals surface area contributed by atoms with Crippen LogP contribution < -0.4 is 5.32 Å². The van der Waals surface area contributed by atoms with Crippen LogP contribution in [-0.4, -0.2) is 36.2 Å². The first-order valence-corrected chi connectivity index (χ1v) is 7.50. The normalized spacial score (nSPS) is 29.5. The van der Waals surface area contributed by atoms with Crippen LogP contribution in [0.4, 0.5) is 9.18 Å². The number of nitrogens with zero attached hydrogens (tertiary/aromatic N) is 1. The third-order valence-corrected chi connectivity index (χ3v) is 4.51. The Morgan fingerprint density at radius 3 is 3.10 bits per heavy atom. The van der Waals surface area contributed by atoms with E-state index in [1.54, 1.807) is 11.0 Å². The summed E-state index contributed by atoms with van der Waals surface area (Å²) in [6.07, 6.45) is 1.89. The number of carbonyl (C=O) groups is 1. The molecule has 0 bridgehead atoms. The van der Waals surface area contributed by atoms with E-state index in [2.05, 4.69) is 5.32 Å². The van der Waals surface area contributed by atoms with Crippen molar-refractivity contribution in [3.05, 3.63) is 35.6 Å².